The van der Waals surface area contributed by atoms with Crippen LogP contribution in [0.1, 0.15) is 36.0 Å². The van der Waals surface area contributed by atoms with E-state index in [1.54, 1.807) is 22.5 Å². The minimum absolute atomic E-state index is 0.158. The first-order valence-corrected chi connectivity index (χ1v) is 10.8. The largest absolute Gasteiger partial charge is 0.326 e. The zero-order valence-corrected chi connectivity index (χ0v) is 16.7. The predicted octanol–water partition coefficient (Wildman–Crippen LogP) is 3.66. The van der Waals surface area contributed by atoms with Gasteiger partial charge >= 0.3 is 0 Å². The van der Waals surface area contributed by atoms with Crippen molar-refractivity contribution < 1.29 is 13.2 Å². The maximum Gasteiger partial charge on any atom is 0.243 e. The van der Waals surface area contributed by atoms with Crippen LogP contribution >= 0.6 is 0 Å². The molecule has 144 valence electrons. The Morgan fingerprint density at radius 2 is 1.67 bits per heavy atom. The number of amides is 1. The van der Waals surface area contributed by atoms with Gasteiger partial charge in [0.25, 0.3) is 0 Å². The average Bonchev–Trinajstić information content (AvgIpc) is 2.66. The van der Waals surface area contributed by atoms with Crippen LogP contribution in [0.25, 0.3) is 0 Å². The second-order valence-electron chi connectivity index (χ2n) is 7.15. The molecule has 0 aliphatic carbocycles. The van der Waals surface area contributed by atoms with E-state index in [9.17, 15) is 13.2 Å². The second-order valence-corrected chi connectivity index (χ2v) is 9.09. The minimum Gasteiger partial charge on any atom is -0.326 e. The molecule has 1 aliphatic heterocycles. The molecule has 0 radical (unpaired) electrons. The normalized spacial score (nSPS) is 15.5. The fraction of sp³-hybridized carbons (Fsp3) is 0.381. The highest BCUT2D eigenvalue weighted by Gasteiger charge is 2.26. The number of carbonyl (C=O) groups is 1. The summed E-state index contributed by atoms with van der Waals surface area (Å²) in [7, 11) is -3.52. The van der Waals surface area contributed by atoms with Crippen LogP contribution in [0, 0.1) is 13.8 Å². The molecule has 0 spiro atoms. The number of hydrogen-bond acceptors (Lipinski definition) is 3. The van der Waals surface area contributed by atoms with Crippen molar-refractivity contribution in [3.63, 3.8) is 0 Å². The number of hydrogen-bond donors (Lipinski definition) is 1. The van der Waals surface area contributed by atoms with Crippen molar-refractivity contribution in [3.05, 3.63) is 59.2 Å². The van der Waals surface area contributed by atoms with Crippen LogP contribution in [0.2, 0.25) is 0 Å². The zero-order valence-electron chi connectivity index (χ0n) is 15.9. The van der Waals surface area contributed by atoms with Crippen LogP contribution in [-0.4, -0.2) is 31.7 Å². The van der Waals surface area contributed by atoms with Gasteiger partial charge in [0.2, 0.25) is 15.9 Å². The third-order valence-corrected chi connectivity index (χ3v) is 6.82. The monoisotopic (exact) mass is 386 g/mol. The lowest BCUT2D eigenvalue weighted by molar-refractivity contribution is -0.115. The molecule has 1 saturated heterocycles. The van der Waals surface area contributed by atoms with Crippen LogP contribution in [-0.2, 0) is 21.2 Å². The van der Waals surface area contributed by atoms with Crippen LogP contribution < -0.4 is 5.32 Å². The Morgan fingerprint density at radius 3 is 2.33 bits per heavy atom. The number of carbonyl (C=O) groups excluding carboxylic acids is 1. The van der Waals surface area contributed by atoms with Crippen molar-refractivity contribution in [1.29, 1.82) is 0 Å². The van der Waals surface area contributed by atoms with Gasteiger partial charge in [0, 0.05) is 18.8 Å². The summed E-state index contributed by atoms with van der Waals surface area (Å²) in [6.45, 7) is 4.98. The van der Waals surface area contributed by atoms with Gasteiger partial charge in [-0.2, -0.15) is 4.31 Å². The van der Waals surface area contributed by atoms with Gasteiger partial charge in [-0.15, -0.1) is 0 Å². The average molecular weight is 387 g/mol. The summed E-state index contributed by atoms with van der Waals surface area (Å²) in [5.74, 6) is -0.158. The Labute approximate surface area is 161 Å². The highest BCUT2D eigenvalue weighted by atomic mass is 32.2. The van der Waals surface area contributed by atoms with Crippen molar-refractivity contribution in [2.75, 3.05) is 18.4 Å². The molecule has 0 bridgehead atoms. The Hall–Kier alpha value is -2.18. The van der Waals surface area contributed by atoms with E-state index in [0.29, 0.717) is 18.8 Å². The van der Waals surface area contributed by atoms with E-state index in [0.717, 1.165) is 36.0 Å². The molecule has 1 N–H and O–H groups in total. The Bertz CT molecular complexity index is 915. The molecule has 3 rings (SSSR count). The van der Waals surface area contributed by atoms with Crippen LogP contribution in [0.5, 0.6) is 0 Å². The van der Waals surface area contributed by atoms with E-state index in [1.807, 2.05) is 38.1 Å². The lowest BCUT2D eigenvalue weighted by Crippen LogP contribution is -2.35. The Morgan fingerprint density at radius 1 is 1.00 bits per heavy atom. The Kier molecular flexibility index (Phi) is 5.97. The van der Waals surface area contributed by atoms with Gasteiger partial charge in [-0.05, 0) is 49.9 Å². The number of nitrogens with one attached hydrogen (secondary N) is 1. The second kappa shape index (κ2) is 8.23. The van der Waals surface area contributed by atoms with Crippen LogP contribution in [0.4, 0.5) is 5.69 Å². The minimum atomic E-state index is -3.52. The summed E-state index contributed by atoms with van der Waals surface area (Å²) in [6.07, 6.45) is 3.11. The molecule has 0 aromatic heterocycles. The van der Waals surface area contributed by atoms with E-state index in [1.165, 1.54) is 0 Å². The van der Waals surface area contributed by atoms with E-state index in [2.05, 4.69) is 5.32 Å². The van der Waals surface area contributed by atoms with Crippen LogP contribution in [0.3, 0.4) is 0 Å². The number of anilines is 1. The Balaban J connectivity index is 1.76. The maximum atomic E-state index is 12.9. The molecular weight excluding hydrogens is 360 g/mol. The first-order valence-electron chi connectivity index (χ1n) is 9.32. The molecule has 2 aromatic rings. The summed E-state index contributed by atoms with van der Waals surface area (Å²) >= 11 is 0. The third kappa shape index (κ3) is 4.76. The molecule has 0 saturated carbocycles. The highest BCUT2D eigenvalue weighted by molar-refractivity contribution is 7.89. The van der Waals surface area contributed by atoms with E-state index >= 15 is 0 Å². The summed E-state index contributed by atoms with van der Waals surface area (Å²) in [4.78, 5) is 12.6. The fourth-order valence-electron chi connectivity index (χ4n) is 3.24. The summed E-state index contributed by atoms with van der Waals surface area (Å²) < 4.78 is 27.3. The fourth-order valence-corrected chi connectivity index (χ4v) is 4.78. The molecule has 6 heteroatoms. The van der Waals surface area contributed by atoms with E-state index in [-0.39, 0.29) is 17.2 Å². The van der Waals surface area contributed by atoms with E-state index in [4.69, 9.17) is 0 Å². The number of benzene rings is 2. The zero-order chi connectivity index (χ0) is 19.4. The lowest BCUT2D eigenvalue weighted by atomic mass is 10.1. The molecular formula is C21H26N2O3S. The number of sulfonamides is 1. The maximum absolute atomic E-state index is 12.9. The highest BCUT2D eigenvalue weighted by Crippen LogP contribution is 2.25. The van der Waals surface area contributed by atoms with Crippen molar-refractivity contribution in [1.82, 2.24) is 4.31 Å². The molecule has 2 aromatic carbocycles. The van der Waals surface area contributed by atoms with Gasteiger partial charge in [0.05, 0.1) is 11.3 Å². The quantitative estimate of drug-likeness (QED) is 0.853. The molecule has 1 amide bonds. The molecule has 1 aliphatic rings. The summed E-state index contributed by atoms with van der Waals surface area (Å²) in [5, 5.41) is 2.87. The summed E-state index contributed by atoms with van der Waals surface area (Å²) in [5.41, 5.74) is 3.45. The van der Waals surface area contributed by atoms with Crippen molar-refractivity contribution in [2.45, 2.75) is 44.4 Å². The van der Waals surface area contributed by atoms with Gasteiger partial charge in [0.1, 0.15) is 0 Å². The summed E-state index contributed by atoms with van der Waals surface area (Å²) in [6, 6.07) is 12.7. The van der Waals surface area contributed by atoms with Crippen molar-refractivity contribution in [3.8, 4) is 0 Å². The molecule has 1 fully saturated rings. The van der Waals surface area contributed by atoms with Crippen molar-refractivity contribution >= 4 is 21.6 Å². The van der Waals surface area contributed by atoms with Crippen molar-refractivity contribution in [2.24, 2.45) is 0 Å². The first-order chi connectivity index (χ1) is 12.9. The van der Waals surface area contributed by atoms with Gasteiger partial charge in [-0.3, -0.25) is 4.79 Å². The number of rotatable bonds is 5. The van der Waals surface area contributed by atoms with E-state index < -0.39 is 10.0 Å². The van der Waals surface area contributed by atoms with Gasteiger partial charge in [-0.1, -0.05) is 42.3 Å². The van der Waals surface area contributed by atoms with Crippen LogP contribution in [0.15, 0.2) is 47.4 Å². The molecule has 1 heterocycles. The third-order valence-electron chi connectivity index (χ3n) is 4.92. The number of piperidine rings is 1. The van der Waals surface area contributed by atoms with Gasteiger partial charge in [0.15, 0.2) is 0 Å². The standard InChI is InChI=1S/C21H26N2O3S/c1-16-6-9-18(10-7-16)14-21(24)22-20-15-19(11-8-17(20)2)27(25,26)23-12-4-3-5-13-23/h6-11,15H,3-5,12-14H2,1-2H3,(H,22,24). The number of nitrogens with zero attached hydrogens (tertiary/aromatic N) is 1. The topological polar surface area (TPSA) is 66.5 Å². The van der Waals surface area contributed by atoms with Gasteiger partial charge in [-0.25, -0.2) is 8.42 Å². The molecule has 0 atom stereocenters. The molecule has 27 heavy (non-hydrogen) atoms. The predicted molar refractivity (Wildman–Crippen MR) is 107 cm³/mol. The lowest BCUT2D eigenvalue weighted by Gasteiger charge is -2.26. The number of aryl methyl sites for hydroxylation is 2. The smallest absolute Gasteiger partial charge is 0.243 e. The SMILES string of the molecule is Cc1ccc(CC(=O)Nc2cc(S(=O)(=O)N3CCCCC3)ccc2C)cc1. The molecule has 5 nitrogen and oxygen atoms in total. The molecule has 0 unspecified atom stereocenters. The van der Waals surface area contributed by atoms with Gasteiger partial charge < -0.3 is 5.32 Å². The first kappa shape index (κ1) is 19.6.